The van der Waals surface area contributed by atoms with Gasteiger partial charge in [0.1, 0.15) is 5.69 Å². The van der Waals surface area contributed by atoms with E-state index in [1.807, 2.05) is 44.6 Å². The molecule has 0 unspecified atom stereocenters. The van der Waals surface area contributed by atoms with E-state index in [9.17, 15) is 4.79 Å². The van der Waals surface area contributed by atoms with Gasteiger partial charge in [0, 0.05) is 31.6 Å². The van der Waals surface area contributed by atoms with E-state index in [4.69, 9.17) is 4.42 Å². The molecule has 9 heteroatoms. The van der Waals surface area contributed by atoms with Crippen molar-refractivity contribution in [2.24, 2.45) is 0 Å². The Labute approximate surface area is 151 Å². The summed E-state index contributed by atoms with van der Waals surface area (Å²) in [6, 6.07) is 2.15. The summed E-state index contributed by atoms with van der Waals surface area (Å²) in [5, 5.41) is 19.5. The standard InChI is InChI=1S/C17H23N7O2/c1-5-23-14(8-12(4)22-23)17-21-20-16(26-17)7-6-15(25)19-13-9-18-24(10-13)11(2)3/h8-11H,5-7H2,1-4H3,(H,19,25). The minimum Gasteiger partial charge on any atom is -0.419 e. The van der Waals surface area contributed by atoms with Crippen molar-refractivity contribution >= 4 is 11.6 Å². The summed E-state index contributed by atoms with van der Waals surface area (Å²) in [6.45, 7) is 8.68. The average molecular weight is 357 g/mol. The molecule has 0 aliphatic carbocycles. The molecule has 3 rings (SSSR count). The molecule has 0 atom stereocenters. The molecule has 3 heterocycles. The molecule has 0 bridgehead atoms. The van der Waals surface area contributed by atoms with E-state index in [1.54, 1.807) is 10.9 Å². The lowest BCUT2D eigenvalue weighted by atomic mass is 10.3. The normalized spacial score (nSPS) is 11.3. The van der Waals surface area contributed by atoms with Crippen LogP contribution in [0.2, 0.25) is 0 Å². The van der Waals surface area contributed by atoms with Crippen molar-refractivity contribution in [1.29, 1.82) is 0 Å². The summed E-state index contributed by atoms with van der Waals surface area (Å²) >= 11 is 0. The van der Waals surface area contributed by atoms with Gasteiger partial charge in [0.15, 0.2) is 0 Å². The fourth-order valence-electron chi connectivity index (χ4n) is 2.55. The molecule has 1 N–H and O–H groups in total. The molecule has 3 aromatic rings. The molecule has 0 radical (unpaired) electrons. The molecule has 0 fully saturated rings. The van der Waals surface area contributed by atoms with Crippen LogP contribution >= 0.6 is 0 Å². The number of carbonyl (C=O) groups excluding carboxylic acids is 1. The second-order valence-corrected chi connectivity index (χ2v) is 6.34. The number of amides is 1. The molecule has 26 heavy (non-hydrogen) atoms. The zero-order chi connectivity index (χ0) is 18.7. The number of aryl methyl sites for hydroxylation is 3. The summed E-state index contributed by atoms with van der Waals surface area (Å²) in [6.07, 6.45) is 4.06. The largest absolute Gasteiger partial charge is 0.419 e. The zero-order valence-corrected chi connectivity index (χ0v) is 15.4. The summed E-state index contributed by atoms with van der Waals surface area (Å²) in [7, 11) is 0. The first-order chi connectivity index (χ1) is 12.5. The Balaban J connectivity index is 1.58. The second kappa shape index (κ2) is 7.51. The van der Waals surface area contributed by atoms with Crippen LogP contribution in [0.5, 0.6) is 0 Å². The first-order valence-corrected chi connectivity index (χ1v) is 8.67. The number of nitrogens with one attached hydrogen (secondary N) is 1. The van der Waals surface area contributed by atoms with Crippen LogP contribution < -0.4 is 5.32 Å². The highest BCUT2D eigenvalue weighted by Gasteiger charge is 2.15. The van der Waals surface area contributed by atoms with Crippen molar-refractivity contribution < 1.29 is 9.21 Å². The number of rotatable bonds is 7. The Morgan fingerprint density at radius 3 is 2.85 bits per heavy atom. The topological polar surface area (TPSA) is 104 Å². The van der Waals surface area contributed by atoms with E-state index in [1.165, 1.54) is 0 Å². The molecule has 0 saturated heterocycles. The Bertz CT molecular complexity index is 891. The fourth-order valence-corrected chi connectivity index (χ4v) is 2.55. The zero-order valence-electron chi connectivity index (χ0n) is 15.4. The summed E-state index contributed by atoms with van der Waals surface area (Å²) in [5.41, 5.74) is 2.36. The van der Waals surface area contributed by atoms with Gasteiger partial charge in [-0.2, -0.15) is 10.2 Å². The molecule has 0 aromatic carbocycles. The number of hydrogen-bond donors (Lipinski definition) is 1. The number of hydrogen-bond acceptors (Lipinski definition) is 6. The van der Waals surface area contributed by atoms with Gasteiger partial charge < -0.3 is 9.73 Å². The van der Waals surface area contributed by atoms with E-state index in [0.29, 0.717) is 30.4 Å². The molecule has 0 aliphatic heterocycles. The minimum atomic E-state index is -0.123. The molecule has 0 aliphatic rings. The van der Waals surface area contributed by atoms with Crippen LogP contribution in [0.1, 0.15) is 44.8 Å². The van der Waals surface area contributed by atoms with E-state index >= 15 is 0 Å². The number of anilines is 1. The maximum atomic E-state index is 12.1. The van der Waals surface area contributed by atoms with Gasteiger partial charge in [0.05, 0.1) is 17.6 Å². The predicted octanol–water partition coefficient (Wildman–Crippen LogP) is 2.61. The molecule has 3 aromatic heterocycles. The minimum absolute atomic E-state index is 0.123. The number of aromatic nitrogens is 6. The Morgan fingerprint density at radius 2 is 2.15 bits per heavy atom. The Hall–Kier alpha value is -2.97. The van der Waals surface area contributed by atoms with Gasteiger partial charge >= 0.3 is 0 Å². The lowest BCUT2D eigenvalue weighted by Crippen LogP contribution is -2.12. The molecular formula is C17H23N7O2. The quantitative estimate of drug-likeness (QED) is 0.697. The van der Waals surface area contributed by atoms with Crippen molar-refractivity contribution in [2.45, 2.75) is 53.1 Å². The third-order valence-corrected chi connectivity index (χ3v) is 3.87. The lowest BCUT2D eigenvalue weighted by Gasteiger charge is -2.03. The van der Waals surface area contributed by atoms with E-state index in [0.717, 1.165) is 11.4 Å². The van der Waals surface area contributed by atoms with Crippen molar-refractivity contribution in [3.63, 3.8) is 0 Å². The van der Waals surface area contributed by atoms with Crippen molar-refractivity contribution in [3.8, 4) is 11.6 Å². The van der Waals surface area contributed by atoms with Gasteiger partial charge in [-0.3, -0.25) is 14.2 Å². The number of nitrogens with zero attached hydrogens (tertiary/aromatic N) is 6. The van der Waals surface area contributed by atoms with Gasteiger partial charge in [0.25, 0.3) is 5.89 Å². The molecule has 0 spiro atoms. The van der Waals surface area contributed by atoms with Crippen molar-refractivity contribution in [2.75, 3.05) is 5.32 Å². The summed E-state index contributed by atoms with van der Waals surface area (Å²) < 4.78 is 9.28. The van der Waals surface area contributed by atoms with Crippen LogP contribution in [0.3, 0.4) is 0 Å². The van der Waals surface area contributed by atoms with Gasteiger partial charge in [-0.05, 0) is 33.8 Å². The van der Waals surface area contributed by atoms with Crippen LogP contribution in [0, 0.1) is 6.92 Å². The van der Waals surface area contributed by atoms with Crippen LogP contribution in [0.15, 0.2) is 22.9 Å². The molecule has 9 nitrogen and oxygen atoms in total. The summed E-state index contributed by atoms with van der Waals surface area (Å²) in [5.74, 6) is 0.720. The second-order valence-electron chi connectivity index (χ2n) is 6.34. The Kier molecular flexibility index (Phi) is 5.15. The van der Waals surface area contributed by atoms with Gasteiger partial charge in [-0.15, -0.1) is 10.2 Å². The van der Waals surface area contributed by atoms with E-state index < -0.39 is 0 Å². The third-order valence-electron chi connectivity index (χ3n) is 3.87. The highest BCUT2D eigenvalue weighted by Crippen LogP contribution is 2.20. The molecule has 1 amide bonds. The van der Waals surface area contributed by atoms with Crippen LogP contribution in [-0.4, -0.2) is 35.7 Å². The van der Waals surface area contributed by atoms with Gasteiger partial charge in [0.2, 0.25) is 11.8 Å². The highest BCUT2D eigenvalue weighted by atomic mass is 16.4. The van der Waals surface area contributed by atoms with Crippen molar-refractivity contribution in [1.82, 2.24) is 29.8 Å². The van der Waals surface area contributed by atoms with Crippen LogP contribution in [0.4, 0.5) is 5.69 Å². The van der Waals surface area contributed by atoms with Crippen LogP contribution in [-0.2, 0) is 17.8 Å². The molecular weight excluding hydrogens is 334 g/mol. The predicted molar refractivity (Wildman–Crippen MR) is 95.5 cm³/mol. The SMILES string of the molecule is CCn1nc(C)cc1-c1nnc(CCC(=O)Nc2cnn(C(C)C)c2)o1. The van der Waals surface area contributed by atoms with E-state index in [-0.39, 0.29) is 18.4 Å². The fraction of sp³-hybridized carbons (Fsp3) is 0.471. The van der Waals surface area contributed by atoms with Crippen molar-refractivity contribution in [3.05, 3.63) is 30.0 Å². The average Bonchev–Trinajstić information content (AvgIpc) is 3.31. The Morgan fingerprint density at radius 1 is 1.35 bits per heavy atom. The smallest absolute Gasteiger partial charge is 0.265 e. The first kappa shape index (κ1) is 17.8. The number of carbonyl (C=O) groups is 1. The lowest BCUT2D eigenvalue weighted by molar-refractivity contribution is -0.116. The maximum Gasteiger partial charge on any atom is 0.265 e. The summed E-state index contributed by atoms with van der Waals surface area (Å²) in [4.78, 5) is 12.1. The van der Waals surface area contributed by atoms with Crippen LogP contribution in [0.25, 0.3) is 11.6 Å². The maximum absolute atomic E-state index is 12.1. The molecule has 138 valence electrons. The van der Waals surface area contributed by atoms with E-state index in [2.05, 4.69) is 25.7 Å². The first-order valence-electron chi connectivity index (χ1n) is 8.67. The van der Waals surface area contributed by atoms with Gasteiger partial charge in [-0.1, -0.05) is 0 Å². The van der Waals surface area contributed by atoms with Gasteiger partial charge in [-0.25, -0.2) is 0 Å². The highest BCUT2D eigenvalue weighted by molar-refractivity contribution is 5.90. The third kappa shape index (κ3) is 3.98. The molecule has 0 saturated carbocycles. The monoisotopic (exact) mass is 357 g/mol.